The second-order valence-corrected chi connectivity index (χ2v) is 14.1. The third kappa shape index (κ3) is 7.59. The lowest BCUT2D eigenvalue weighted by Crippen LogP contribution is -2.44. The number of esters is 1. The molecule has 2 aromatic carbocycles. The number of carbonyl (C=O) groups is 1. The number of carbonyl (C=O) groups excluding carboxylic acids is 1. The van der Waals surface area contributed by atoms with Crippen LogP contribution >= 0.6 is 7.75 Å². The predicted octanol–water partition coefficient (Wildman–Crippen LogP) is 6.74. The first kappa shape index (κ1) is 35.5. The summed E-state index contributed by atoms with van der Waals surface area (Å²) in [7, 11) is -2.66. The van der Waals surface area contributed by atoms with Gasteiger partial charge in [0, 0.05) is 11.3 Å². The molecular weight excluding hydrogens is 635 g/mol. The van der Waals surface area contributed by atoms with Crippen LogP contribution in [0.5, 0.6) is 11.6 Å². The molecule has 48 heavy (non-hydrogen) atoms. The van der Waals surface area contributed by atoms with Gasteiger partial charge in [0.15, 0.2) is 11.2 Å². The lowest BCUT2D eigenvalue weighted by Gasteiger charge is -2.31. The molecule has 1 aliphatic heterocycles. The molecule has 4 aromatic rings. The SMILES string of the molecule is CC.COc1nc(N)nc2c1nc(C)n2C1OC(COP(=O)(NC(C(=O)OC2CCC2)C(C)C)Oc2cccc3ccccc23)CC1C. The van der Waals surface area contributed by atoms with E-state index in [2.05, 4.69) is 20.0 Å². The number of imidazole rings is 1. The van der Waals surface area contributed by atoms with Gasteiger partial charge >= 0.3 is 13.7 Å². The molecule has 0 amide bonds. The number of hydrogen-bond acceptors (Lipinski definition) is 11. The van der Waals surface area contributed by atoms with Gasteiger partial charge in [-0.3, -0.25) is 13.9 Å². The summed E-state index contributed by atoms with van der Waals surface area (Å²) in [6, 6.07) is 12.2. The van der Waals surface area contributed by atoms with E-state index in [1.807, 2.05) is 82.5 Å². The highest BCUT2D eigenvalue weighted by Crippen LogP contribution is 2.49. The van der Waals surface area contributed by atoms with Gasteiger partial charge in [-0.1, -0.05) is 71.0 Å². The molecule has 5 atom stereocenters. The van der Waals surface area contributed by atoms with Crippen molar-refractivity contribution in [1.29, 1.82) is 0 Å². The molecule has 6 rings (SSSR count). The maximum Gasteiger partial charge on any atom is 0.459 e. The number of ether oxygens (including phenoxy) is 3. The Kier molecular flexibility index (Phi) is 11.2. The highest BCUT2D eigenvalue weighted by atomic mass is 31.2. The van der Waals surface area contributed by atoms with Crippen LogP contribution in [0.3, 0.4) is 0 Å². The van der Waals surface area contributed by atoms with Crippen LogP contribution < -0.4 is 20.1 Å². The quantitative estimate of drug-likeness (QED) is 0.120. The third-order valence-corrected chi connectivity index (χ3v) is 10.1. The van der Waals surface area contributed by atoms with E-state index < -0.39 is 32.1 Å². The molecule has 260 valence electrons. The number of aromatic nitrogens is 4. The fourth-order valence-corrected chi connectivity index (χ4v) is 7.61. The maximum atomic E-state index is 14.6. The van der Waals surface area contributed by atoms with Crippen molar-refractivity contribution in [2.75, 3.05) is 19.5 Å². The fraction of sp³-hybridized carbons (Fsp3) is 0.529. The Balaban J connectivity index is 0.00000221. The molecule has 2 aromatic heterocycles. The summed E-state index contributed by atoms with van der Waals surface area (Å²) in [5, 5.41) is 4.62. The average molecular weight is 683 g/mol. The van der Waals surface area contributed by atoms with Crippen LogP contribution in [0.2, 0.25) is 0 Å². The van der Waals surface area contributed by atoms with E-state index in [4.69, 9.17) is 29.0 Å². The van der Waals surface area contributed by atoms with Crippen molar-refractivity contribution in [2.45, 2.75) is 91.7 Å². The van der Waals surface area contributed by atoms with Gasteiger partial charge in [0.25, 0.3) is 0 Å². The van der Waals surface area contributed by atoms with E-state index in [0.29, 0.717) is 29.2 Å². The standard InChI is InChI=1S/C32H41N6O7P.C2H6/c1-18(2)26(31(39)44-22-12-9-13-22)37-46(40,45-25-15-8-11-21-10-6-7-14-24(21)25)42-17-23-16-19(3)30(43-23)38-20(4)34-27-28(38)35-32(33)36-29(27)41-5;1-2/h6-8,10-11,14-15,18-19,22-23,26,30H,9,12-13,16-17H2,1-5H3,(H,37,40)(H2,33,35,36);1-2H3. The molecule has 0 radical (unpaired) electrons. The number of nitrogens with zero attached hydrogens (tertiary/aromatic N) is 4. The molecule has 13 nitrogen and oxygen atoms in total. The van der Waals surface area contributed by atoms with Crippen molar-refractivity contribution in [3.8, 4) is 11.6 Å². The van der Waals surface area contributed by atoms with Gasteiger partial charge < -0.3 is 24.5 Å². The van der Waals surface area contributed by atoms with Crippen LogP contribution in [0.1, 0.15) is 72.4 Å². The van der Waals surface area contributed by atoms with Crippen molar-refractivity contribution in [1.82, 2.24) is 24.6 Å². The number of hydrogen-bond donors (Lipinski definition) is 2. The summed E-state index contributed by atoms with van der Waals surface area (Å²) in [6.45, 7) is 11.6. The maximum absolute atomic E-state index is 14.6. The van der Waals surface area contributed by atoms with Crippen LogP contribution in [0, 0.1) is 18.8 Å². The summed E-state index contributed by atoms with van der Waals surface area (Å²) in [5.41, 5.74) is 6.94. The summed E-state index contributed by atoms with van der Waals surface area (Å²) in [4.78, 5) is 26.4. The fourth-order valence-electron chi connectivity index (χ4n) is 5.91. The van der Waals surface area contributed by atoms with Gasteiger partial charge in [-0.15, -0.1) is 0 Å². The summed E-state index contributed by atoms with van der Waals surface area (Å²) in [6.07, 6.45) is 2.23. The molecule has 0 spiro atoms. The lowest BCUT2D eigenvalue weighted by atomic mass is 9.96. The van der Waals surface area contributed by atoms with Gasteiger partial charge in [-0.2, -0.15) is 15.1 Å². The monoisotopic (exact) mass is 682 g/mol. The van der Waals surface area contributed by atoms with E-state index in [1.165, 1.54) is 7.11 Å². The molecule has 0 bridgehead atoms. The van der Waals surface area contributed by atoms with Gasteiger partial charge in [0.2, 0.25) is 11.8 Å². The van der Waals surface area contributed by atoms with Crippen LogP contribution in [-0.2, 0) is 23.4 Å². The number of nitrogen functional groups attached to an aromatic ring is 1. The Morgan fingerprint density at radius 3 is 2.54 bits per heavy atom. The number of benzene rings is 2. The zero-order valence-corrected chi connectivity index (χ0v) is 29.6. The number of fused-ring (bicyclic) bond motifs is 2. The second-order valence-electron chi connectivity index (χ2n) is 12.4. The number of nitrogens with two attached hydrogens (primary N) is 1. The van der Waals surface area contributed by atoms with E-state index >= 15 is 0 Å². The van der Waals surface area contributed by atoms with Crippen molar-refractivity contribution in [2.24, 2.45) is 11.8 Å². The van der Waals surface area contributed by atoms with Crippen LogP contribution in [-0.4, -0.2) is 57.5 Å². The zero-order valence-electron chi connectivity index (χ0n) is 28.7. The molecule has 14 heteroatoms. The van der Waals surface area contributed by atoms with Gasteiger partial charge in [-0.05, 0) is 50.0 Å². The summed E-state index contributed by atoms with van der Waals surface area (Å²) in [5.74, 6) is 0.648. The molecular formula is C34H47N6O7P. The van der Waals surface area contributed by atoms with Crippen LogP contribution in [0.25, 0.3) is 21.9 Å². The number of aryl methyl sites for hydroxylation is 1. The molecule has 2 aliphatic rings. The number of anilines is 1. The first-order valence-electron chi connectivity index (χ1n) is 16.7. The molecule has 3 N–H and O–H groups in total. The van der Waals surface area contributed by atoms with Crippen LogP contribution in [0.4, 0.5) is 5.95 Å². The van der Waals surface area contributed by atoms with Gasteiger partial charge in [0.1, 0.15) is 29.9 Å². The van der Waals surface area contributed by atoms with E-state index in [9.17, 15) is 9.36 Å². The summed E-state index contributed by atoms with van der Waals surface area (Å²) < 4.78 is 46.4. The zero-order chi connectivity index (χ0) is 34.6. The van der Waals surface area contributed by atoms with Crippen molar-refractivity contribution in [3.05, 3.63) is 48.3 Å². The molecule has 2 fully saturated rings. The van der Waals surface area contributed by atoms with E-state index in [1.54, 1.807) is 6.07 Å². The number of nitrogens with one attached hydrogen (secondary N) is 1. The second kappa shape index (κ2) is 15.2. The largest absolute Gasteiger partial charge is 0.479 e. The molecule has 1 saturated carbocycles. The summed E-state index contributed by atoms with van der Waals surface area (Å²) >= 11 is 0. The molecule has 3 heterocycles. The lowest BCUT2D eigenvalue weighted by molar-refractivity contribution is -0.156. The van der Waals surface area contributed by atoms with Gasteiger partial charge in [-0.25, -0.2) is 9.55 Å². The normalized spacial score (nSPS) is 21.3. The Bertz CT molecular complexity index is 1770. The Morgan fingerprint density at radius 1 is 1.12 bits per heavy atom. The molecule has 5 unspecified atom stereocenters. The number of methoxy groups -OCH3 is 1. The Morgan fingerprint density at radius 2 is 1.85 bits per heavy atom. The first-order valence-corrected chi connectivity index (χ1v) is 18.2. The minimum Gasteiger partial charge on any atom is -0.479 e. The highest BCUT2D eigenvalue weighted by Gasteiger charge is 2.41. The molecule has 1 saturated heterocycles. The topological polar surface area (TPSA) is 162 Å². The Labute approximate surface area is 281 Å². The number of rotatable bonds is 12. The van der Waals surface area contributed by atoms with E-state index in [0.717, 1.165) is 30.0 Å². The van der Waals surface area contributed by atoms with Crippen molar-refractivity contribution < 1.29 is 32.6 Å². The Hall–Kier alpha value is -3.77. The molecule has 1 aliphatic carbocycles. The minimum atomic E-state index is -4.16. The minimum absolute atomic E-state index is 0.0130. The smallest absolute Gasteiger partial charge is 0.459 e. The van der Waals surface area contributed by atoms with Gasteiger partial charge in [0.05, 0.1) is 19.8 Å². The van der Waals surface area contributed by atoms with E-state index in [-0.39, 0.29) is 36.4 Å². The van der Waals surface area contributed by atoms with Crippen molar-refractivity contribution in [3.63, 3.8) is 0 Å². The predicted molar refractivity (Wildman–Crippen MR) is 184 cm³/mol. The highest BCUT2D eigenvalue weighted by molar-refractivity contribution is 7.52. The average Bonchev–Trinajstić information content (AvgIpc) is 3.58. The third-order valence-electron chi connectivity index (χ3n) is 8.55. The van der Waals surface area contributed by atoms with Crippen molar-refractivity contribution >= 4 is 41.6 Å². The van der Waals surface area contributed by atoms with Crippen LogP contribution in [0.15, 0.2) is 42.5 Å². The first-order chi connectivity index (χ1) is 23.0.